The molecule has 33 heavy (non-hydrogen) atoms. The number of anilines is 2. The van der Waals surface area contributed by atoms with Crippen LogP contribution in [0.15, 0.2) is 60.0 Å². The fraction of sp³-hybridized carbons (Fsp3) is 0.280. The van der Waals surface area contributed by atoms with Crippen LogP contribution in [0.5, 0.6) is 0 Å². The molecule has 0 radical (unpaired) electrons. The standard InChI is InChI=1S/C25H26N4O3S/c1-16(2)18-10-12-19(13-11-18)25(4)22(31)28(23(32)27-25)14-20-15-33-24(26-20)29(17(3)30)21-8-6-5-7-9-21/h5-13,15-16H,14H2,1-4H3,(H,27,32). The molecule has 1 aromatic heterocycles. The van der Waals surface area contributed by atoms with E-state index < -0.39 is 11.6 Å². The molecule has 0 spiro atoms. The predicted octanol–water partition coefficient (Wildman–Crippen LogP) is 4.92. The lowest BCUT2D eigenvalue weighted by atomic mass is 9.90. The van der Waals surface area contributed by atoms with Crippen LogP contribution < -0.4 is 10.2 Å². The highest BCUT2D eigenvalue weighted by Crippen LogP contribution is 2.33. The van der Waals surface area contributed by atoms with E-state index in [1.54, 1.807) is 12.3 Å². The molecule has 2 aromatic carbocycles. The van der Waals surface area contributed by atoms with Gasteiger partial charge >= 0.3 is 6.03 Å². The number of carbonyl (C=O) groups is 3. The van der Waals surface area contributed by atoms with E-state index in [9.17, 15) is 14.4 Å². The van der Waals surface area contributed by atoms with Gasteiger partial charge in [-0.3, -0.25) is 19.4 Å². The van der Waals surface area contributed by atoms with Gasteiger partial charge in [0, 0.05) is 12.3 Å². The normalized spacial score (nSPS) is 18.0. The molecule has 1 aliphatic heterocycles. The summed E-state index contributed by atoms with van der Waals surface area (Å²) in [5.41, 5.74) is 2.01. The van der Waals surface area contributed by atoms with Crippen LogP contribution in [0.2, 0.25) is 0 Å². The van der Waals surface area contributed by atoms with Crippen molar-refractivity contribution in [3.8, 4) is 0 Å². The van der Waals surface area contributed by atoms with Crippen molar-refractivity contribution >= 4 is 40.0 Å². The van der Waals surface area contributed by atoms with E-state index in [-0.39, 0.29) is 18.4 Å². The third-order valence-electron chi connectivity index (χ3n) is 5.81. The molecule has 4 amide bonds. The van der Waals surface area contributed by atoms with Crippen molar-refractivity contribution in [3.63, 3.8) is 0 Å². The zero-order chi connectivity index (χ0) is 23.8. The minimum Gasteiger partial charge on any atom is -0.319 e. The van der Waals surface area contributed by atoms with Gasteiger partial charge in [0.25, 0.3) is 5.91 Å². The van der Waals surface area contributed by atoms with Crippen molar-refractivity contribution in [1.29, 1.82) is 0 Å². The molecule has 1 fully saturated rings. The van der Waals surface area contributed by atoms with E-state index in [2.05, 4.69) is 24.1 Å². The molecular formula is C25H26N4O3S. The zero-order valence-electron chi connectivity index (χ0n) is 19.0. The summed E-state index contributed by atoms with van der Waals surface area (Å²) in [4.78, 5) is 45.5. The summed E-state index contributed by atoms with van der Waals surface area (Å²) >= 11 is 1.29. The minimum absolute atomic E-state index is 0.0291. The molecule has 1 aliphatic rings. The van der Waals surface area contributed by atoms with E-state index in [4.69, 9.17) is 0 Å². The van der Waals surface area contributed by atoms with E-state index >= 15 is 0 Å². The first-order chi connectivity index (χ1) is 15.7. The van der Waals surface area contributed by atoms with Crippen LogP contribution in [-0.2, 0) is 21.7 Å². The van der Waals surface area contributed by atoms with Crippen molar-refractivity contribution < 1.29 is 14.4 Å². The third kappa shape index (κ3) is 4.26. The highest BCUT2D eigenvalue weighted by molar-refractivity contribution is 7.14. The molecule has 4 rings (SSSR count). The summed E-state index contributed by atoms with van der Waals surface area (Å²) in [6.45, 7) is 7.43. The van der Waals surface area contributed by atoms with E-state index in [1.807, 2.05) is 54.6 Å². The van der Waals surface area contributed by atoms with Gasteiger partial charge in [-0.1, -0.05) is 56.3 Å². The first kappa shape index (κ1) is 22.7. The van der Waals surface area contributed by atoms with Gasteiger partial charge in [-0.2, -0.15) is 0 Å². The number of nitrogens with zero attached hydrogens (tertiary/aromatic N) is 3. The highest BCUT2D eigenvalue weighted by Gasteiger charge is 2.49. The number of carbonyl (C=O) groups excluding carboxylic acids is 3. The van der Waals surface area contributed by atoms with Crippen LogP contribution in [0.1, 0.15) is 50.4 Å². The van der Waals surface area contributed by atoms with Crippen molar-refractivity contribution in [3.05, 3.63) is 76.8 Å². The van der Waals surface area contributed by atoms with Gasteiger partial charge in [-0.15, -0.1) is 11.3 Å². The maximum absolute atomic E-state index is 13.3. The molecule has 0 saturated carbocycles. The van der Waals surface area contributed by atoms with Crippen LogP contribution in [0.25, 0.3) is 0 Å². The van der Waals surface area contributed by atoms with Gasteiger partial charge in [0.15, 0.2) is 5.13 Å². The molecule has 1 N–H and O–H groups in total. The number of para-hydroxylation sites is 1. The molecule has 7 nitrogen and oxygen atoms in total. The molecule has 0 bridgehead atoms. The number of benzene rings is 2. The second-order valence-electron chi connectivity index (χ2n) is 8.53. The summed E-state index contributed by atoms with van der Waals surface area (Å²) in [7, 11) is 0. The largest absolute Gasteiger partial charge is 0.325 e. The first-order valence-electron chi connectivity index (χ1n) is 10.8. The zero-order valence-corrected chi connectivity index (χ0v) is 19.8. The van der Waals surface area contributed by atoms with E-state index in [0.29, 0.717) is 22.4 Å². The van der Waals surface area contributed by atoms with Crippen molar-refractivity contribution in [2.75, 3.05) is 4.90 Å². The van der Waals surface area contributed by atoms with Gasteiger partial charge in [0.1, 0.15) is 5.54 Å². The molecular weight excluding hydrogens is 436 g/mol. The van der Waals surface area contributed by atoms with Crippen LogP contribution in [0.3, 0.4) is 0 Å². The second kappa shape index (κ2) is 8.78. The van der Waals surface area contributed by atoms with Crippen molar-refractivity contribution in [1.82, 2.24) is 15.2 Å². The number of amides is 4. The summed E-state index contributed by atoms with van der Waals surface area (Å²) in [5, 5.41) is 5.09. The number of rotatable bonds is 6. The fourth-order valence-corrected chi connectivity index (χ4v) is 4.75. The van der Waals surface area contributed by atoms with E-state index in [1.165, 1.54) is 33.6 Å². The van der Waals surface area contributed by atoms with Crippen LogP contribution in [0, 0.1) is 0 Å². The predicted molar refractivity (Wildman–Crippen MR) is 128 cm³/mol. The van der Waals surface area contributed by atoms with Gasteiger partial charge in [0.2, 0.25) is 5.91 Å². The SMILES string of the molecule is CC(=O)N(c1ccccc1)c1nc(CN2C(=O)NC(C)(c3ccc(C(C)C)cc3)C2=O)cs1. The van der Waals surface area contributed by atoms with Crippen LogP contribution in [0.4, 0.5) is 15.6 Å². The molecule has 8 heteroatoms. The number of imide groups is 1. The van der Waals surface area contributed by atoms with Gasteiger partial charge in [-0.25, -0.2) is 9.78 Å². The number of hydrogen-bond acceptors (Lipinski definition) is 5. The Morgan fingerprint density at radius 1 is 1.12 bits per heavy atom. The minimum atomic E-state index is -1.14. The van der Waals surface area contributed by atoms with Gasteiger partial charge in [0.05, 0.1) is 17.9 Å². The number of hydrogen-bond donors (Lipinski definition) is 1. The topological polar surface area (TPSA) is 82.6 Å². The lowest BCUT2D eigenvalue weighted by Gasteiger charge is -2.22. The monoisotopic (exact) mass is 462 g/mol. The number of aromatic nitrogens is 1. The summed E-state index contributed by atoms with van der Waals surface area (Å²) < 4.78 is 0. The van der Waals surface area contributed by atoms with Crippen molar-refractivity contribution in [2.45, 2.75) is 45.7 Å². The second-order valence-corrected chi connectivity index (χ2v) is 9.37. The van der Waals surface area contributed by atoms with Gasteiger partial charge < -0.3 is 5.32 Å². The molecule has 2 heterocycles. The quantitative estimate of drug-likeness (QED) is 0.527. The Balaban J connectivity index is 1.55. The smallest absolute Gasteiger partial charge is 0.319 e. The summed E-state index contributed by atoms with van der Waals surface area (Å²) in [5.74, 6) is -0.123. The first-order valence-corrected chi connectivity index (χ1v) is 11.6. The molecule has 3 aromatic rings. The van der Waals surface area contributed by atoms with Crippen LogP contribution in [-0.4, -0.2) is 27.7 Å². The summed E-state index contributed by atoms with van der Waals surface area (Å²) in [6, 6.07) is 16.5. The highest BCUT2D eigenvalue weighted by atomic mass is 32.1. The maximum atomic E-state index is 13.3. The Labute approximate surface area is 197 Å². The summed E-state index contributed by atoms with van der Waals surface area (Å²) in [6.07, 6.45) is 0. The maximum Gasteiger partial charge on any atom is 0.325 e. The Kier molecular flexibility index (Phi) is 6.03. The Hall–Kier alpha value is -3.52. The lowest BCUT2D eigenvalue weighted by molar-refractivity contribution is -0.131. The van der Waals surface area contributed by atoms with Gasteiger partial charge in [-0.05, 0) is 36.1 Å². The Morgan fingerprint density at radius 3 is 2.39 bits per heavy atom. The molecule has 170 valence electrons. The lowest BCUT2D eigenvalue weighted by Crippen LogP contribution is -2.40. The average Bonchev–Trinajstić information content (AvgIpc) is 3.33. The Bertz CT molecular complexity index is 1190. The number of thiazole rings is 1. The van der Waals surface area contributed by atoms with E-state index in [0.717, 1.165) is 5.56 Å². The number of nitrogens with one attached hydrogen (secondary N) is 1. The molecule has 0 aliphatic carbocycles. The molecule has 1 unspecified atom stereocenters. The number of urea groups is 1. The Morgan fingerprint density at radius 2 is 1.79 bits per heavy atom. The fourth-order valence-electron chi connectivity index (χ4n) is 3.88. The molecule has 1 saturated heterocycles. The van der Waals surface area contributed by atoms with Crippen LogP contribution >= 0.6 is 11.3 Å². The third-order valence-corrected chi connectivity index (χ3v) is 6.68. The van der Waals surface area contributed by atoms with Crippen molar-refractivity contribution in [2.24, 2.45) is 0 Å². The average molecular weight is 463 g/mol. The molecule has 1 atom stereocenters.